The van der Waals surface area contributed by atoms with Crippen molar-refractivity contribution in [1.82, 2.24) is 10.2 Å². The maximum Gasteiger partial charge on any atom is 0.255 e. The van der Waals surface area contributed by atoms with Crippen molar-refractivity contribution >= 4 is 23.4 Å². The van der Waals surface area contributed by atoms with Gasteiger partial charge in [0, 0.05) is 18.1 Å². The quantitative estimate of drug-likeness (QED) is 0.723. The van der Waals surface area contributed by atoms with Gasteiger partial charge in [-0.3, -0.25) is 19.8 Å². The van der Waals surface area contributed by atoms with Gasteiger partial charge in [-0.2, -0.15) is 0 Å². The van der Waals surface area contributed by atoms with Crippen LogP contribution in [-0.4, -0.2) is 40.5 Å². The summed E-state index contributed by atoms with van der Waals surface area (Å²) in [6.07, 6.45) is 0.300. The summed E-state index contributed by atoms with van der Waals surface area (Å²) in [6, 6.07) is 5.15. The molecule has 2 amide bonds. The van der Waals surface area contributed by atoms with Crippen molar-refractivity contribution in [3.63, 3.8) is 0 Å². The Morgan fingerprint density at radius 2 is 2.08 bits per heavy atom. The van der Waals surface area contributed by atoms with Crippen LogP contribution >= 0.6 is 11.6 Å². The highest BCUT2D eigenvalue weighted by Crippen LogP contribution is 2.24. The molecule has 2 rings (SSSR count). The highest BCUT2D eigenvalue weighted by atomic mass is 35.5. The van der Waals surface area contributed by atoms with Crippen LogP contribution in [0.3, 0.4) is 0 Å². The number of imide groups is 1. The Morgan fingerprint density at radius 3 is 2.69 bits per heavy atom. The van der Waals surface area contributed by atoms with Crippen molar-refractivity contribution in [2.24, 2.45) is 11.1 Å². The molecule has 1 saturated heterocycles. The van der Waals surface area contributed by atoms with E-state index >= 15 is 0 Å². The summed E-state index contributed by atoms with van der Waals surface area (Å²) in [5.74, 6) is -1.02. The second-order valence-corrected chi connectivity index (χ2v) is 8.30. The average molecular weight is 382 g/mol. The van der Waals surface area contributed by atoms with E-state index in [0.29, 0.717) is 24.5 Å². The molecule has 2 atom stereocenters. The fraction of sp³-hybridized carbons (Fsp3) is 0.579. The molecule has 144 valence electrons. The first kappa shape index (κ1) is 20.8. The molecule has 0 aromatic heterocycles. The van der Waals surface area contributed by atoms with Crippen molar-refractivity contribution in [1.29, 1.82) is 0 Å². The molecule has 6 nitrogen and oxygen atoms in total. The molecule has 1 heterocycles. The molecule has 0 saturated carbocycles. The summed E-state index contributed by atoms with van der Waals surface area (Å²) < 4.78 is 0. The van der Waals surface area contributed by atoms with Gasteiger partial charge in [-0.25, -0.2) is 0 Å². The van der Waals surface area contributed by atoms with E-state index in [1.807, 2.05) is 17.0 Å². The molecule has 4 N–H and O–H groups in total. The van der Waals surface area contributed by atoms with Crippen molar-refractivity contribution < 1.29 is 14.7 Å². The Balaban J connectivity index is 2.07. The number of rotatable bonds is 5. The van der Waals surface area contributed by atoms with Crippen LogP contribution in [0.15, 0.2) is 18.2 Å². The van der Waals surface area contributed by atoms with E-state index in [-0.39, 0.29) is 5.91 Å². The van der Waals surface area contributed by atoms with Gasteiger partial charge in [-0.05, 0) is 48.1 Å². The van der Waals surface area contributed by atoms with Gasteiger partial charge in [0.1, 0.15) is 6.10 Å². The number of hydrogen-bond donors (Lipinski definition) is 3. The Kier molecular flexibility index (Phi) is 6.80. The molecule has 26 heavy (non-hydrogen) atoms. The van der Waals surface area contributed by atoms with Gasteiger partial charge >= 0.3 is 0 Å². The Hall–Kier alpha value is -1.47. The largest absolute Gasteiger partial charge is 0.383 e. The summed E-state index contributed by atoms with van der Waals surface area (Å²) >= 11 is 6.09. The summed E-state index contributed by atoms with van der Waals surface area (Å²) in [5.41, 5.74) is 7.14. The smallest absolute Gasteiger partial charge is 0.255 e. The molecule has 7 heteroatoms. The molecule has 1 aliphatic rings. The molecule has 0 bridgehead atoms. The molecular weight excluding hydrogens is 354 g/mol. The maximum absolute atomic E-state index is 12.6. The van der Waals surface area contributed by atoms with Crippen molar-refractivity contribution in [3.8, 4) is 0 Å². The first-order valence-electron chi connectivity index (χ1n) is 8.87. The van der Waals surface area contributed by atoms with E-state index in [2.05, 4.69) is 5.32 Å². The molecule has 1 aromatic carbocycles. The van der Waals surface area contributed by atoms with Gasteiger partial charge in [0.05, 0.1) is 6.04 Å². The number of nitrogens with zero attached hydrogens (tertiary/aromatic N) is 1. The van der Waals surface area contributed by atoms with E-state index in [4.69, 9.17) is 17.3 Å². The summed E-state index contributed by atoms with van der Waals surface area (Å²) in [6.45, 7) is 6.94. The predicted molar refractivity (Wildman–Crippen MR) is 101 cm³/mol. The lowest BCUT2D eigenvalue weighted by Gasteiger charge is -2.27. The van der Waals surface area contributed by atoms with Gasteiger partial charge < -0.3 is 10.8 Å². The second kappa shape index (κ2) is 8.48. The van der Waals surface area contributed by atoms with Crippen LogP contribution in [0.5, 0.6) is 0 Å². The minimum Gasteiger partial charge on any atom is -0.383 e. The molecular formula is C19H28ClN3O3. The van der Waals surface area contributed by atoms with Crippen LogP contribution in [0.25, 0.3) is 0 Å². The molecule has 0 spiro atoms. The zero-order valence-electron chi connectivity index (χ0n) is 15.6. The third-order valence-electron chi connectivity index (χ3n) is 4.74. The molecule has 0 aliphatic carbocycles. The highest BCUT2D eigenvalue weighted by Gasteiger charge is 2.35. The minimum atomic E-state index is -1.24. The SMILES string of the molecule is CC(C)(C)[C@@H](O)C(=O)NC(=O)[C@@H]1CCCN1Cc1cc(Cl)ccc1CN. The summed E-state index contributed by atoms with van der Waals surface area (Å²) in [4.78, 5) is 26.7. The number of aliphatic hydroxyl groups is 1. The van der Waals surface area contributed by atoms with Gasteiger partial charge in [-0.1, -0.05) is 38.4 Å². The number of halogens is 1. The number of likely N-dealkylation sites (tertiary alicyclic amines) is 1. The van der Waals surface area contributed by atoms with Crippen LogP contribution in [0.4, 0.5) is 0 Å². The number of carbonyl (C=O) groups is 2. The number of amides is 2. The number of hydrogen-bond acceptors (Lipinski definition) is 5. The molecule has 1 aromatic rings. The first-order chi connectivity index (χ1) is 12.1. The van der Waals surface area contributed by atoms with Gasteiger partial charge in [0.2, 0.25) is 5.91 Å². The minimum absolute atomic E-state index is 0.368. The summed E-state index contributed by atoms with van der Waals surface area (Å²) in [5, 5.41) is 13.0. The fourth-order valence-electron chi connectivity index (χ4n) is 3.14. The number of nitrogens with one attached hydrogen (secondary N) is 1. The Labute approximate surface area is 159 Å². The van der Waals surface area contributed by atoms with Crippen LogP contribution in [0.2, 0.25) is 5.02 Å². The maximum atomic E-state index is 12.6. The Morgan fingerprint density at radius 1 is 1.38 bits per heavy atom. The van der Waals surface area contributed by atoms with Gasteiger partial charge in [0.25, 0.3) is 5.91 Å². The monoisotopic (exact) mass is 381 g/mol. The lowest BCUT2D eigenvalue weighted by Crippen LogP contribution is -2.50. The molecule has 0 radical (unpaired) electrons. The zero-order chi connectivity index (χ0) is 19.5. The van der Waals surface area contributed by atoms with Crippen LogP contribution in [-0.2, 0) is 22.7 Å². The lowest BCUT2D eigenvalue weighted by atomic mass is 9.88. The van der Waals surface area contributed by atoms with Crippen molar-refractivity contribution in [3.05, 3.63) is 34.3 Å². The number of benzene rings is 1. The molecule has 1 fully saturated rings. The van der Waals surface area contributed by atoms with E-state index in [0.717, 1.165) is 24.1 Å². The normalized spacial score (nSPS) is 19.4. The Bertz CT molecular complexity index is 672. The number of carbonyl (C=O) groups excluding carboxylic acids is 2. The van der Waals surface area contributed by atoms with Gasteiger partial charge in [-0.15, -0.1) is 0 Å². The second-order valence-electron chi connectivity index (χ2n) is 7.87. The van der Waals surface area contributed by atoms with Crippen molar-refractivity contribution in [2.45, 2.75) is 58.8 Å². The average Bonchev–Trinajstić information content (AvgIpc) is 3.01. The lowest BCUT2D eigenvalue weighted by molar-refractivity contribution is -0.141. The third-order valence-corrected chi connectivity index (χ3v) is 4.98. The van der Waals surface area contributed by atoms with Crippen molar-refractivity contribution in [2.75, 3.05) is 6.54 Å². The molecule has 1 aliphatic heterocycles. The molecule has 0 unspecified atom stereocenters. The topological polar surface area (TPSA) is 95.7 Å². The fourth-order valence-corrected chi connectivity index (χ4v) is 3.33. The number of nitrogens with two attached hydrogens (primary N) is 1. The van der Waals surface area contributed by atoms with E-state index in [9.17, 15) is 14.7 Å². The predicted octanol–water partition coefficient (Wildman–Crippen LogP) is 1.81. The number of aliphatic hydroxyl groups excluding tert-OH is 1. The van der Waals surface area contributed by atoms with E-state index < -0.39 is 23.5 Å². The van der Waals surface area contributed by atoms with E-state index in [1.54, 1.807) is 26.8 Å². The van der Waals surface area contributed by atoms with Crippen LogP contribution in [0, 0.1) is 5.41 Å². The highest BCUT2D eigenvalue weighted by molar-refractivity contribution is 6.30. The third kappa shape index (κ3) is 5.04. The first-order valence-corrected chi connectivity index (χ1v) is 9.25. The zero-order valence-corrected chi connectivity index (χ0v) is 16.3. The van der Waals surface area contributed by atoms with Crippen LogP contribution in [0.1, 0.15) is 44.7 Å². The van der Waals surface area contributed by atoms with Crippen LogP contribution < -0.4 is 11.1 Å². The van der Waals surface area contributed by atoms with Gasteiger partial charge in [0.15, 0.2) is 0 Å². The summed E-state index contributed by atoms with van der Waals surface area (Å²) in [7, 11) is 0. The van der Waals surface area contributed by atoms with E-state index in [1.165, 1.54) is 0 Å². The standard InChI is InChI=1S/C19H28ClN3O3/c1-19(2,3)16(24)18(26)22-17(25)15-5-4-8-23(15)11-13-9-14(20)7-6-12(13)10-21/h6-7,9,15-16,24H,4-5,8,10-11,21H2,1-3H3,(H,22,25,26)/t15-,16-/m0/s1.